The van der Waals surface area contributed by atoms with Gasteiger partial charge >= 0.3 is 0 Å². The van der Waals surface area contributed by atoms with Gasteiger partial charge in [-0.2, -0.15) is 0 Å². The van der Waals surface area contributed by atoms with Gasteiger partial charge in [0.1, 0.15) is 0 Å². The predicted molar refractivity (Wildman–Crippen MR) is 109 cm³/mol. The Kier molecular flexibility index (Phi) is 7.22. The summed E-state index contributed by atoms with van der Waals surface area (Å²) in [5.41, 5.74) is 3.35. The van der Waals surface area contributed by atoms with Crippen molar-refractivity contribution in [2.24, 2.45) is 11.8 Å². The molecule has 1 aliphatic heterocycles. The quantitative estimate of drug-likeness (QED) is 0.754. The Morgan fingerprint density at radius 2 is 1.73 bits per heavy atom. The van der Waals surface area contributed by atoms with Crippen molar-refractivity contribution in [1.82, 2.24) is 9.88 Å². The maximum Gasteiger partial charge on any atom is 0.166 e. The van der Waals surface area contributed by atoms with Gasteiger partial charge in [0.2, 0.25) is 0 Å². The molecule has 0 N–H and O–H groups in total. The first-order valence-corrected chi connectivity index (χ1v) is 9.01. The van der Waals surface area contributed by atoms with Gasteiger partial charge in [-0.3, -0.25) is 14.7 Å². The maximum atomic E-state index is 12.7. The number of nitrogens with zero attached hydrogens (tertiary/aromatic N) is 2. The molecule has 0 saturated carbocycles. The maximum absolute atomic E-state index is 12.7. The Labute approximate surface area is 168 Å². The molecule has 2 unspecified atom stereocenters. The highest BCUT2D eigenvalue weighted by atomic mass is 35.5. The van der Waals surface area contributed by atoms with Gasteiger partial charge in [-0.1, -0.05) is 30.3 Å². The first-order chi connectivity index (χ1) is 11.7. The standard InChI is InChI=1S/C21H24N2O.2ClH/c1-15(20-8-4-5-11-22-20)23-12-9-16(10-13-23)19-14-17-6-2-3-7-18(17)21(19)24;;/h2-8,11,15-16,19H,9-10,12-14H2,1H3;2*1H. The molecule has 0 spiro atoms. The Balaban J connectivity index is 0.00000121. The summed E-state index contributed by atoms with van der Waals surface area (Å²) in [4.78, 5) is 19.7. The van der Waals surface area contributed by atoms with Crippen molar-refractivity contribution < 1.29 is 4.79 Å². The van der Waals surface area contributed by atoms with Gasteiger partial charge in [-0.25, -0.2) is 0 Å². The zero-order chi connectivity index (χ0) is 16.5. The molecule has 1 aromatic heterocycles. The third-order valence-corrected chi connectivity index (χ3v) is 5.87. The van der Waals surface area contributed by atoms with E-state index in [9.17, 15) is 4.79 Å². The molecular weight excluding hydrogens is 367 g/mol. The molecule has 1 aromatic carbocycles. The van der Waals surface area contributed by atoms with Crippen molar-refractivity contribution in [2.75, 3.05) is 13.1 Å². The van der Waals surface area contributed by atoms with E-state index < -0.39 is 0 Å². The van der Waals surface area contributed by atoms with E-state index >= 15 is 0 Å². The molecule has 1 saturated heterocycles. The number of likely N-dealkylation sites (tertiary alicyclic amines) is 1. The predicted octanol–water partition coefficient (Wildman–Crippen LogP) is 4.75. The van der Waals surface area contributed by atoms with E-state index in [-0.39, 0.29) is 30.7 Å². The number of fused-ring (bicyclic) bond motifs is 1. The van der Waals surface area contributed by atoms with Crippen LogP contribution >= 0.6 is 24.8 Å². The lowest BCUT2D eigenvalue weighted by molar-refractivity contribution is 0.0779. The zero-order valence-electron chi connectivity index (χ0n) is 15.0. The average molecular weight is 393 g/mol. The second-order valence-corrected chi connectivity index (χ2v) is 7.14. The van der Waals surface area contributed by atoms with Crippen LogP contribution in [0.25, 0.3) is 0 Å². The zero-order valence-corrected chi connectivity index (χ0v) is 16.6. The molecule has 1 fully saturated rings. The fourth-order valence-corrected chi connectivity index (χ4v) is 4.37. The van der Waals surface area contributed by atoms with Crippen molar-refractivity contribution in [2.45, 2.75) is 32.2 Å². The monoisotopic (exact) mass is 392 g/mol. The number of halogens is 2. The number of benzene rings is 1. The molecule has 2 aliphatic rings. The van der Waals surface area contributed by atoms with Crippen molar-refractivity contribution in [3.05, 3.63) is 65.5 Å². The van der Waals surface area contributed by atoms with Crippen LogP contribution in [0.4, 0.5) is 0 Å². The smallest absolute Gasteiger partial charge is 0.166 e. The van der Waals surface area contributed by atoms with Crippen LogP contribution in [0.15, 0.2) is 48.7 Å². The van der Waals surface area contributed by atoms with Gasteiger partial charge in [0.15, 0.2) is 5.78 Å². The summed E-state index contributed by atoms with van der Waals surface area (Å²) < 4.78 is 0. The normalized spacial score (nSPS) is 21.4. The topological polar surface area (TPSA) is 33.2 Å². The molecule has 2 aromatic rings. The fraction of sp³-hybridized carbons (Fsp3) is 0.429. The second-order valence-electron chi connectivity index (χ2n) is 7.14. The average Bonchev–Trinajstić information content (AvgIpc) is 2.99. The Bertz CT molecular complexity index is 730. The van der Waals surface area contributed by atoms with Gasteiger partial charge in [0.05, 0.1) is 5.69 Å². The highest BCUT2D eigenvalue weighted by Gasteiger charge is 2.37. The van der Waals surface area contributed by atoms with E-state index in [2.05, 4.69) is 35.0 Å². The van der Waals surface area contributed by atoms with E-state index in [1.54, 1.807) is 0 Å². The van der Waals surface area contributed by atoms with Crippen molar-refractivity contribution >= 4 is 30.6 Å². The van der Waals surface area contributed by atoms with E-state index in [0.717, 1.165) is 43.6 Å². The van der Waals surface area contributed by atoms with Crippen LogP contribution in [0.3, 0.4) is 0 Å². The number of carbonyl (C=O) groups is 1. The van der Waals surface area contributed by atoms with Crippen LogP contribution in [0.2, 0.25) is 0 Å². The Morgan fingerprint density at radius 3 is 2.38 bits per heavy atom. The number of hydrogen-bond donors (Lipinski definition) is 0. The number of aromatic nitrogens is 1. The lowest BCUT2D eigenvalue weighted by Gasteiger charge is -2.37. The van der Waals surface area contributed by atoms with Gasteiger partial charge in [-0.15, -0.1) is 24.8 Å². The van der Waals surface area contributed by atoms with E-state index in [0.29, 0.717) is 17.7 Å². The summed E-state index contributed by atoms with van der Waals surface area (Å²) in [7, 11) is 0. The van der Waals surface area contributed by atoms with Crippen LogP contribution in [0, 0.1) is 11.8 Å². The largest absolute Gasteiger partial charge is 0.295 e. The summed E-state index contributed by atoms with van der Waals surface area (Å²) in [6, 6.07) is 14.6. The van der Waals surface area contributed by atoms with Crippen molar-refractivity contribution in [3.8, 4) is 0 Å². The fourth-order valence-electron chi connectivity index (χ4n) is 4.37. The number of pyridine rings is 1. The molecular formula is C21H26Cl2N2O. The molecule has 0 bridgehead atoms. The lowest BCUT2D eigenvalue weighted by atomic mass is 9.81. The summed E-state index contributed by atoms with van der Waals surface area (Å²) in [6.45, 7) is 4.35. The number of piperidine rings is 1. The third-order valence-electron chi connectivity index (χ3n) is 5.87. The molecule has 0 radical (unpaired) electrons. The summed E-state index contributed by atoms with van der Waals surface area (Å²) in [5.74, 6) is 1.11. The molecule has 26 heavy (non-hydrogen) atoms. The minimum Gasteiger partial charge on any atom is -0.295 e. The van der Waals surface area contributed by atoms with E-state index in [4.69, 9.17) is 0 Å². The van der Waals surface area contributed by atoms with Crippen molar-refractivity contribution in [1.29, 1.82) is 0 Å². The second kappa shape index (κ2) is 8.98. The summed E-state index contributed by atoms with van der Waals surface area (Å²) >= 11 is 0. The number of carbonyl (C=O) groups excluding carboxylic acids is 1. The first-order valence-electron chi connectivity index (χ1n) is 9.01. The number of rotatable bonds is 3. The molecule has 3 nitrogen and oxygen atoms in total. The molecule has 2 atom stereocenters. The first kappa shape index (κ1) is 20.9. The van der Waals surface area contributed by atoms with Gasteiger partial charge in [0, 0.05) is 23.7 Å². The molecule has 2 heterocycles. The SMILES string of the molecule is CC(c1ccccn1)N1CCC(C2Cc3ccccc3C2=O)CC1.Cl.Cl. The van der Waals surface area contributed by atoms with Gasteiger partial charge in [-0.05, 0) is 62.9 Å². The highest BCUT2D eigenvalue weighted by Crippen LogP contribution is 2.37. The van der Waals surface area contributed by atoms with Crippen LogP contribution in [0.1, 0.15) is 47.4 Å². The Morgan fingerprint density at radius 1 is 1.04 bits per heavy atom. The van der Waals surface area contributed by atoms with Crippen LogP contribution in [-0.4, -0.2) is 28.8 Å². The molecule has 5 heteroatoms. The Hall–Kier alpha value is -1.42. The minimum atomic E-state index is 0. The van der Waals surface area contributed by atoms with Crippen LogP contribution in [0.5, 0.6) is 0 Å². The summed E-state index contributed by atoms with van der Waals surface area (Å²) in [6.07, 6.45) is 5.03. The summed E-state index contributed by atoms with van der Waals surface area (Å²) in [5, 5.41) is 0. The van der Waals surface area contributed by atoms with E-state index in [1.807, 2.05) is 30.5 Å². The van der Waals surface area contributed by atoms with Crippen LogP contribution in [-0.2, 0) is 6.42 Å². The lowest BCUT2D eigenvalue weighted by Crippen LogP contribution is -2.39. The molecule has 140 valence electrons. The molecule has 1 aliphatic carbocycles. The number of Topliss-reactive ketones (excluding diaryl/α,β-unsaturated/α-hetero) is 1. The molecule has 4 rings (SSSR count). The number of hydrogen-bond acceptors (Lipinski definition) is 3. The van der Waals surface area contributed by atoms with Crippen molar-refractivity contribution in [3.63, 3.8) is 0 Å². The molecule has 0 amide bonds. The minimum absolute atomic E-state index is 0. The third kappa shape index (κ3) is 3.95. The van der Waals surface area contributed by atoms with Gasteiger partial charge < -0.3 is 0 Å². The highest BCUT2D eigenvalue weighted by molar-refractivity contribution is 6.02. The van der Waals surface area contributed by atoms with E-state index in [1.165, 1.54) is 5.56 Å². The van der Waals surface area contributed by atoms with Crippen LogP contribution < -0.4 is 0 Å². The van der Waals surface area contributed by atoms with Gasteiger partial charge in [0.25, 0.3) is 0 Å². The number of ketones is 1.